The van der Waals surface area contributed by atoms with Gasteiger partial charge in [-0.05, 0) is 20.9 Å². The first-order valence-electron chi connectivity index (χ1n) is 5.17. The van der Waals surface area contributed by atoms with Gasteiger partial charge in [0.2, 0.25) is 0 Å². The molecule has 0 saturated carbocycles. The molecule has 1 heterocycles. The van der Waals surface area contributed by atoms with Crippen molar-refractivity contribution in [3.8, 4) is 0 Å². The molecule has 1 fully saturated rings. The summed E-state index contributed by atoms with van der Waals surface area (Å²) in [6, 6.07) is 0. The standard InChI is InChI=1S/C11H18N2O2/c1-9(14)11(10(2)15)8-13-6-4-12(3)5-7-13/h8H,4-7H2,1-3H3. The first-order chi connectivity index (χ1) is 7.00. The minimum absolute atomic E-state index is 0.151. The Bertz CT molecular complexity index is 273. The summed E-state index contributed by atoms with van der Waals surface area (Å²) in [6.45, 7) is 6.56. The number of Topliss-reactive ketones (excluding diaryl/α,β-unsaturated/α-hetero) is 2. The van der Waals surface area contributed by atoms with Crippen molar-refractivity contribution in [2.75, 3.05) is 33.2 Å². The van der Waals surface area contributed by atoms with Crippen molar-refractivity contribution < 1.29 is 9.59 Å². The molecule has 0 unspecified atom stereocenters. The molecule has 1 aliphatic heterocycles. The summed E-state index contributed by atoms with van der Waals surface area (Å²) in [6.07, 6.45) is 1.71. The highest BCUT2D eigenvalue weighted by atomic mass is 16.1. The number of rotatable bonds is 3. The molecule has 1 aliphatic rings. The van der Waals surface area contributed by atoms with Crippen LogP contribution < -0.4 is 0 Å². The Hall–Kier alpha value is -1.16. The number of nitrogens with zero attached hydrogens (tertiary/aromatic N) is 2. The van der Waals surface area contributed by atoms with E-state index in [1.165, 1.54) is 13.8 Å². The highest BCUT2D eigenvalue weighted by molar-refractivity contribution is 6.18. The van der Waals surface area contributed by atoms with Crippen molar-refractivity contribution in [2.45, 2.75) is 13.8 Å². The lowest BCUT2D eigenvalue weighted by atomic mass is 10.1. The number of likely N-dealkylation sites (N-methyl/N-ethyl adjacent to an activating group) is 1. The van der Waals surface area contributed by atoms with Crippen molar-refractivity contribution in [1.82, 2.24) is 9.80 Å². The van der Waals surface area contributed by atoms with E-state index in [1.807, 2.05) is 4.90 Å². The first kappa shape index (κ1) is 11.9. The van der Waals surface area contributed by atoms with Crippen LogP contribution in [0.5, 0.6) is 0 Å². The number of carbonyl (C=O) groups is 2. The second kappa shape index (κ2) is 5.07. The van der Waals surface area contributed by atoms with Gasteiger partial charge in [-0.3, -0.25) is 9.59 Å². The smallest absolute Gasteiger partial charge is 0.164 e. The molecule has 0 aromatic heterocycles. The number of piperazine rings is 1. The Morgan fingerprint density at radius 1 is 1.00 bits per heavy atom. The molecule has 0 radical (unpaired) electrons. The number of carbonyl (C=O) groups excluding carboxylic acids is 2. The van der Waals surface area contributed by atoms with E-state index in [0.717, 1.165) is 26.2 Å². The predicted octanol–water partition coefficient (Wildman–Crippen LogP) is 0.296. The van der Waals surface area contributed by atoms with Crippen molar-refractivity contribution in [2.24, 2.45) is 0 Å². The summed E-state index contributed by atoms with van der Waals surface area (Å²) in [5.74, 6) is -0.303. The average Bonchev–Trinajstić information content (AvgIpc) is 2.15. The lowest BCUT2D eigenvalue weighted by Gasteiger charge is -2.31. The lowest BCUT2D eigenvalue weighted by molar-refractivity contribution is -0.119. The van der Waals surface area contributed by atoms with E-state index < -0.39 is 0 Å². The maximum absolute atomic E-state index is 11.2. The van der Waals surface area contributed by atoms with Crippen molar-refractivity contribution >= 4 is 11.6 Å². The van der Waals surface area contributed by atoms with E-state index in [9.17, 15) is 9.59 Å². The van der Waals surface area contributed by atoms with Gasteiger partial charge < -0.3 is 9.80 Å². The van der Waals surface area contributed by atoms with E-state index in [4.69, 9.17) is 0 Å². The summed E-state index contributed by atoms with van der Waals surface area (Å²) in [7, 11) is 2.07. The van der Waals surface area contributed by atoms with E-state index in [1.54, 1.807) is 6.20 Å². The van der Waals surface area contributed by atoms with E-state index >= 15 is 0 Å². The zero-order valence-electron chi connectivity index (χ0n) is 9.62. The van der Waals surface area contributed by atoms with Gasteiger partial charge in [-0.1, -0.05) is 0 Å². The van der Waals surface area contributed by atoms with Gasteiger partial charge in [-0.25, -0.2) is 0 Å². The van der Waals surface area contributed by atoms with Crippen LogP contribution in [0.25, 0.3) is 0 Å². The molecule has 15 heavy (non-hydrogen) atoms. The molecule has 84 valence electrons. The van der Waals surface area contributed by atoms with Gasteiger partial charge in [0.15, 0.2) is 11.6 Å². The maximum Gasteiger partial charge on any atom is 0.164 e. The molecule has 0 N–H and O–H groups in total. The summed E-state index contributed by atoms with van der Waals surface area (Å²) in [4.78, 5) is 26.7. The Morgan fingerprint density at radius 2 is 1.47 bits per heavy atom. The highest BCUT2D eigenvalue weighted by Crippen LogP contribution is 2.05. The molecule has 0 bridgehead atoms. The Labute approximate surface area is 90.5 Å². The molecule has 4 heteroatoms. The van der Waals surface area contributed by atoms with Crippen molar-refractivity contribution in [3.05, 3.63) is 11.8 Å². The van der Waals surface area contributed by atoms with Crippen LogP contribution in [0, 0.1) is 0 Å². The molecule has 0 amide bonds. The number of ketones is 2. The van der Waals surface area contributed by atoms with Crippen molar-refractivity contribution in [1.29, 1.82) is 0 Å². The fraction of sp³-hybridized carbons (Fsp3) is 0.636. The van der Waals surface area contributed by atoms with Gasteiger partial charge in [0.1, 0.15) is 0 Å². The second-order valence-electron chi connectivity index (χ2n) is 3.99. The largest absolute Gasteiger partial charge is 0.374 e. The normalized spacial score (nSPS) is 17.4. The van der Waals surface area contributed by atoms with E-state index in [-0.39, 0.29) is 11.6 Å². The van der Waals surface area contributed by atoms with Gasteiger partial charge >= 0.3 is 0 Å². The second-order valence-corrected chi connectivity index (χ2v) is 3.99. The molecule has 0 aromatic rings. The van der Waals surface area contributed by atoms with Crippen LogP contribution in [0.15, 0.2) is 11.8 Å². The molecule has 0 aliphatic carbocycles. The number of hydrogen-bond acceptors (Lipinski definition) is 4. The average molecular weight is 210 g/mol. The zero-order chi connectivity index (χ0) is 11.4. The van der Waals surface area contributed by atoms with Crippen LogP contribution >= 0.6 is 0 Å². The molecule has 0 atom stereocenters. The molecular weight excluding hydrogens is 192 g/mol. The van der Waals surface area contributed by atoms with Gasteiger partial charge in [0, 0.05) is 32.4 Å². The van der Waals surface area contributed by atoms with Crippen LogP contribution in [0.1, 0.15) is 13.8 Å². The van der Waals surface area contributed by atoms with Gasteiger partial charge in [0.25, 0.3) is 0 Å². The van der Waals surface area contributed by atoms with Crippen LogP contribution in [-0.2, 0) is 9.59 Å². The third kappa shape index (κ3) is 3.47. The Kier molecular flexibility index (Phi) is 4.03. The fourth-order valence-electron chi connectivity index (χ4n) is 1.56. The third-order valence-corrected chi connectivity index (χ3v) is 2.61. The molecular formula is C11H18N2O2. The summed E-state index contributed by atoms with van der Waals surface area (Å²) < 4.78 is 0. The van der Waals surface area contributed by atoms with Crippen LogP contribution in [0.2, 0.25) is 0 Å². The third-order valence-electron chi connectivity index (χ3n) is 2.61. The Balaban J connectivity index is 2.67. The SMILES string of the molecule is CC(=O)C(=CN1CCN(C)CC1)C(C)=O. The fourth-order valence-corrected chi connectivity index (χ4v) is 1.56. The minimum Gasteiger partial charge on any atom is -0.374 e. The zero-order valence-corrected chi connectivity index (χ0v) is 9.62. The molecule has 0 spiro atoms. The topological polar surface area (TPSA) is 40.6 Å². The molecule has 1 rings (SSSR count). The van der Waals surface area contributed by atoms with Crippen LogP contribution in [0.3, 0.4) is 0 Å². The highest BCUT2D eigenvalue weighted by Gasteiger charge is 2.15. The lowest BCUT2D eigenvalue weighted by Crippen LogP contribution is -2.42. The quantitative estimate of drug-likeness (QED) is 0.381. The summed E-state index contributed by atoms with van der Waals surface area (Å²) >= 11 is 0. The first-order valence-corrected chi connectivity index (χ1v) is 5.17. The van der Waals surface area contributed by atoms with Crippen LogP contribution in [-0.4, -0.2) is 54.6 Å². The van der Waals surface area contributed by atoms with E-state index in [2.05, 4.69) is 11.9 Å². The molecule has 0 aromatic carbocycles. The van der Waals surface area contributed by atoms with Gasteiger partial charge in [-0.15, -0.1) is 0 Å². The molecule has 4 nitrogen and oxygen atoms in total. The number of hydrogen-bond donors (Lipinski definition) is 0. The summed E-state index contributed by atoms with van der Waals surface area (Å²) in [5.41, 5.74) is 0.305. The van der Waals surface area contributed by atoms with Crippen LogP contribution in [0.4, 0.5) is 0 Å². The van der Waals surface area contributed by atoms with E-state index in [0.29, 0.717) is 5.57 Å². The summed E-state index contributed by atoms with van der Waals surface area (Å²) in [5, 5.41) is 0. The van der Waals surface area contributed by atoms with Crippen molar-refractivity contribution in [3.63, 3.8) is 0 Å². The monoisotopic (exact) mass is 210 g/mol. The Morgan fingerprint density at radius 3 is 1.87 bits per heavy atom. The predicted molar refractivity (Wildman–Crippen MR) is 58.5 cm³/mol. The minimum atomic E-state index is -0.151. The number of allylic oxidation sites excluding steroid dienone is 1. The molecule has 1 saturated heterocycles. The van der Waals surface area contributed by atoms with Gasteiger partial charge in [-0.2, -0.15) is 0 Å². The maximum atomic E-state index is 11.2. The van der Waals surface area contributed by atoms with Gasteiger partial charge in [0.05, 0.1) is 5.57 Å².